The monoisotopic (exact) mass is 334 g/mol. The third kappa shape index (κ3) is 6.33. The lowest BCUT2D eigenvalue weighted by Gasteiger charge is -2.22. The standard InChI is InChI=1S/C14H17F3N2O4/c15-14(16,17)22-11-6-2-1-5-10(11)9-18-13(20)19-23-12-7-3-4-8-21-12/h1-2,5-6,12H,3-4,7-9H2,(H2,18,19,20)/t12-/m0/s1. The molecule has 1 atom stereocenters. The maximum atomic E-state index is 12.3. The second-order valence-electron chi connectivity index (χ2n) is 4.85. The van der Waals surface area contributed by atoms with Crippen molar-refractivity contribution in [1.29, 1.82) is 0 Å². The number of hydrogen-bond acceptors (Lipinski definition) is 4. The summed E-state index contributed by atoms with van der Waals surface area (Å²) in [5.74, 6) is -0.364. The van der Waals surface area contributed by atoms with Gasteiger partial charge in [0.25, 0.3) is 0 Å². The number of nitrogens with one attached hydrogen (secondary N) is 2. The molecule has 0 bridgehead atoms. The van der Waals surface area contributed by atoms with Gasteiger partial charge in [0.15, 0.2) is 6.29 Å². The van der Waals surface area contributed by atoms with E-state index in [2.05, 4.69) is 15.5 Å². The Balaban J connectivity index is 1.79. The second kappa shape index (κ2) is 8.02. The molecule has 1 aromatic rings. The lowest BCUT2D eigenvalue weighted by atomic mass is 10.2. The van der Waals surface area contributed by atoms with Crippen molar-refractivity contribution in [3.05, 3.63) is 29.8 Å². The first-order chi connectivity index (χ1) is 10.9. The molecule has 0 saturated carbocycles. The number of hydroxylamine groups is 1. The Hall–Kier alpha value is -2.00. The summed E-state index contributed by atoms with van der Waals surface area (Å²) in [6, 6.07) is 4.88. The fourth-order valence-corrected chi connectivity index (χ4v) is 2.01. The molecule has 1 saturated heterocycles. The van der Waals surface area contributed by atoms with Crippen molar-refractivity contribution in [3.63, 3.8) is 0 Å². The van der Waals surface area contributed by atoms with Crippen LogP contribution in [-0.4, -0.2) is 25.3 Å². The third-order valence-corrected chi connectivity index (χ3v) is 3.06. The molecule has 0 spiro atoms. The van der Waals surface area contributed by atoms with Crippen molar-refractivity contribution >= 4 is 6.03 Å². The smallest absolute Gasteiger partial charge is 0.405 e. The van der Waals surface area contributed by atoms with Gasteiger partial charge in [0.2, 0.25) is 0 Å². The minimum atomic E-state index is -4.79. The van der Waals surface area contributed by atoms with Crippen LogP contribution in [0.5, 0.6) is 5.75 Å². The van der Waals surface area contributed by atoms with Gasteiger partial charge in [-0.3, -0.25) is 0 Å². The van der Waals surface area contributed by atoms with Gasteiger partial charge in [-0.25, -0.2) is 15.1 Å². The summed E-state index contributed by atoms with van der Waals surface area (Å²) in [7, 11) is 0. The van der Waals surface area contributed by atoms with E-state index in [1.807, 2.05) is 0 Å². The summed E-state index contributed by atoms with van der Waals surface area (Å²) in [5, 5.41) is 2.39. The van der Waals surface area contributed by atoms with Crippen LogP contribution >= 0.6 is 0 Å². The fourth-order valence-electron chi connectivity index (χ4n) is 2.01. The summed E-state index contributed by atoms with van der Waals surface area (Å²) in [4.78, 5) is 16.6. The average molecular weight is 334 g/mol. The molecule has 0 unspecified atom stereocenters. The summed E-state index contributed by atoms with van der Waals surface area (Å²) in [6.45, 7) is 0.420. The number of carbonyl (C=O) groups is 1. The molecule has 1 aliphatic heterocycles. The Kier molecular flexibility index (Phi) is 6.05. The van der Waals surface area contributed by atoms with Gasteiger partial charge < -0.3 is 14.8 Å². The maximum Gasteiger partial charge on any atom is 0.573 e. The number of para-hydroxylation sites is 1. The highest BCUT2D eigenvalue weighted by Gasteiger charge is 2.32. The molecule has 6 nitrogen and oxygen atoms in total. The van der Waals surface area contributed by atoms with Crippen molar-refractivity contribution in [3.8, 4) is 5.75 Å². The molecule has 0 radical (unpaired) electrons. The summed E-state index contributed by atoms with van der Waals surface area (Å²) < 4.78 is 46.0. The van der Waals surface area contributed by atoms with E-state index in [0.717, 1.165) is 12.8 Å². The molecule has 0 aliphatic carbocycles. The van der Waals surface area contributed by atoms with E-state index in [4.69, 9.17) is 9.57 Å². The molecule has 2 N–H and O–H groups in total. The number of benzene rings is 1. The van der Waals surface area contributed by atoms with Crippen molar-refractivity contribution in [2.45, 2.75) is 38.5 Å². The zero-order valence-electron chi connectivity index (χ0n) is 12.2. The van der Waals surface area contributed by atoms with Crippen molar-refractivity contribution in [2.24, 2.45) is 0 Å². The molecule has 23 heavy (non-hydrogen) atoms. The van der Waals surface area contributed by atoms with Crippen molar-refractivity contribution < 1.29 is 32.3 Å². The van der Waals surface area contributed by atoms with Crippen LogP contribution < -0.4 is 15.5 Å². The highest BCUT2D eigenvalue weighted by molar-refractivity contribution is 5.72. The quantitative estimate of drug-likeness (QED) is 0.813. The Morgan fingerprint density at radius 1 is 1.30 bits per heavy atom. The van der Waals surface area contributed by atoms with E-state index in [1.165, 1.54) is 18.2 Å². The van der Waals surface area contributed by atoms with E-state index in [-0.39, 0.29) is 17.9 Å². The average Bonchev–Trinajstić information content (AvgIpc) is 2.51. The molecule has 1 heterocycles. The number of halogens is 3. The Morgan fingerprint density at radius 3 is 2.78 bits per heavy atom. The zero-order chi connectivity index (χ0) is 16.7. The lowest BCUT2D eigenvalue weighted by molar-refractivity contribution is -0.274. The molecular formula is C14H17F3N2O4. The van der Waals surface area contributed by atoms with Gasteiger partial charge in [0.05, 0.1) is 0 Å². The van der Waals surface area contributed by atoms with Gasteiger partial charge in [-0.2, -0.15) is 0 Å². The van der Waals surface area contributed by atoms with E-state index in [9.17, 15) is 18.0 Å². The predicted octanol–water partition coefficient (Wildman–Crippen LogP) is 2.84. The first kappa shape index (κ1) is 17.4. The van der Waals surface area contributed by atoms with E-state index in [0.29, 0.717) is 13.0 Å². The normalized spacial score (nSPS) is 18.3. The van der Waals surface area contributed by atoms with E-state index >= 15 is 0 Å². The van der Waals surface area contributed by atoms with Crippen LogP contribution in [0, 0.1) is 0 Å². The summed E-state index contributed by atoms with van der Waals surface area (Å²) in [5.41, 5.74) is 2.34. The van der Waals surface area contributed by atoms with Crippen LogP contribution in [0.15, 0.2) is 24.3 Å². The Labute approximate surface area is 130 Å². The minimum Gasteiger partial charge on any atom is -0.405 e. The number of hydrogen-bond donors (Lipinski definition) is 2. The number of rotatable bonds is 5. The minimum absolute atomic E-state index is 0.146. The highest BCUT2D eigenvalue weighted by atomic mass is 19.4. The topological polar surface area (TPSA) is 68.8 Å². The SMILES string of the molecule is O=C(NCc1ccccc1OC(F)(F)F)NO[C@H]1CCCCO1. The first-order valence-corrected chi connectivity index (χ1v) is 7.09. The molecule has 2 amide bonds. The maximum absolute atomic E-state index is 12.3. The van der Waals surface area contributed by atoms with Gasteiger partial charge >= 0.3 is 12.4 Å². The molecule has 128 valence electrons. The molecule has 2 rings (SSSR count). The van der Waals surface area contributed by atoms with Crippen LogP contribution in [0.2, 0.25) is 0 Å². The predicted molar refractivity (Wildman–Crippen MR) is 73.2 cm³/mol. The van der Waals surface area contributed by atoms with Crippen LogP contribution in [0.1, 0.15) is 24.8 Å². The Morgan fingerprint density at radius 2 is 2.09 bits per heavy atom. The van der Waals surface area contributed by atoms with Crippen LogP contribution in [0.4, 0.5) is 18.0 Å². The number of alkyl halides is 3. The molecule has 1 aromatic carbocycles. The largest absolute Gasteiger partial charge is 0.573 e. The first-order valence-electron chi connectivity index (χ1n) is 7.09. The van der Waals surface area contributed by atoms with Crippen LogP contribution in [-0.2, 0) is 16.1 Å². The van der Waals surface area contributed by atoms with Gasteiger partial charge in [-0.1, -0.05) is 18.2 Å². The van der Waals surface area contributed by atoms with Crippen LogP contribution in [0.25, 0.3) is 0 Å². The fraction of sp³-hybridized carbons (Fsp3) is 0.500. The van der Waals surface area contributed by atoms with E-state index in [1.54, 1.807) is 6.07 Å². The van der Waals surface area contributed by atoms with Crippen LogP contribution in [0.3, 0.4) is 0 Å². The number of carbonyl (C=O) groups excluding carboxylic acids is 1. The summed E-state index contributed by atoms with van der Waals surface area (Å²) >= 11 is 0. The van der Waals surface area contributed by atoms with Crippen molar-refractivity contribution in [1.82, 2.24) is 10.8 Å². The van der Waals surface area contributed by atoms with Gasteiger partial charge in [0.1, 0.15) is 5.75 Å². The number of amides is 2. The third-order valence-electron chi connectivity index (χ3n) is 3.06. The van der Waals surface area contributed by atoms with E-state index < -0.39 is 18.7 Å². The van der Waals surface area contributed by atoms with Gasteiger partial charge in [-0.05, 0) is 18.9 Å². The number of urea groups is 1. The molecule has 9 heteroatoms. The van der Waals surface area contributed by atoms with Gasteiger partial charge in [0, 0.05) is 25.1 Å². The zero-order valence-corrected chi connectivity index (χ0v) is 12.2. The highest BCUT2D eigenvalue weighted by Crippen LogP contribution is 2.26. The van der Waals surface area contributed by atoms with Gasteiger partial charge in [-0.15, -0.1) is 13.2 Å². The molecule has 1 aliphatic rings. The summed E-state index contributed by atoms with van der Waals surface area (Å²) in [6.07, 6.45) is -2.74. The Bertz CT molecular complexity index is 519. The molecular weight excluding hydrogens is 317 g/mol. The molecule has 0 aromatic heterocycles. The second-order valence-corrected chi connectivity index (χ2v) is 4.85. The molecule has 1 fully saturated rings. The van der Waals surface area contributed by atoms with Crippen molar-refractivity contribution in [2.75, 3.05) is 6.61 Å². The number of ether oxygens (including phenoxy) is 2. The lowest BCUT2D eigenvalue weighted by Crippen LogP contribution is -2.39.